The Labute approximate surface area is 164 Å². The predicted molar refractivity (Wildman–Crippen MR) is 94.4 cm³/mol. The van der Waals surface area contributed by atoms with Crippen molar-refractivity contribution in [2.24, 2.45) is 0 Å². The Morgan fingerprint density at radius 2 is 2.00 bits per heavy atom. The highest BCUT2D eigenvalue weighted by molar-refractivity contribution is 7.87. The molecule has 0 bridgehead atoms. The highest BCUT2D eigenvalue weighted by Gasteiger charge is 2.28. The molecule has 0 unspecified atom stereocenters. The summed E-state index contributed by atoms with van der Waals surface area (Å²) in [6.07, 6.45) is -3.33. The van der Waals surface area contributed by atoms with Gasteiger partial charge in [-0.05, 0) is 23.8 Å². The fraction of sp³-hybridized carbons (Fsp3) is 0.312. The molecule has 12 heteroatoms. The standard InChI is InChI=1S/C16H16ClF4N3O3S/c1-24(9-12-13(17)3-2-4-14(12)18)28(25,26)23-8-11-5-6-22-15(7-11)27-10-16(19,20)21/h2-7,23H,8-10H2,1H3. The summed E-state index contributed by atoms with van der Waals surface area (Å²) in [6, 6.07) is 6.59. The fourth-order valence-electron chi connectivity index (χ4n) is 2.07. The maximum atomic E-state index is 13.8. The average molecular weight is 442 g/mol. The van der Waals surface area contributed by atoms with Gasteiger partial charge in [-0.3, -0.25) is 0 Å². The quantitative estimate of drug-likeness (QED) is 0.638. The van der Waals surface area contributed by atoms with Gasteiger partial charge in [-0.2, -0.15) is 30.6 Å². The summed E-state index contributed by atoms with van der Waals surface area (Å²) >= 11 is 5.89. The highest BCUT2D eigenvalue weighted by atomic mass is 35.5. The number of hydrogen-bond acceptors (Lipinski definition) is 4. The van der Waals surface area contributed by atoms with Crippen molar-refractivity contribution in [3.05, 3.63) is 58.5 Å². The van der Waals surface area contributed by atoms with Gasteiger partial charge in [-0.15, -0.1) is 0 Å². The molecule has 0 fully saturated rings. The van der Waals surface area contributed by atoms with E-state index in [4.69, 9.17) is 11.6 Å². The van der Waals surface area contributed by atoms with Crippen molar-refractivity contribution < 1.29 is 30.7 Å². The van der Waals surface area contributed by atoms with Crippen molar-refractivity contribution in [2.75, 3.05) is 13.7 Å². The second-order valence-corrected chi connectivity index (χ2v) is 7.96. The van der Waals surface area contributed by atoms with Gasteiger partial charge in [0, 0.05) is 43.0 Å². The van der Waals surface area contributed by atoms with E-state index < -0.39 is 28.8 Å². The summed E-state index contributed by atoms with van der Waals surface area (Å²) in [5.41, 5.74) is 0.344. The van der Waals surface area contributed by atoms with Gasteiger partial charge in [0.2, 0.25) is 5.88 Å². The monoisotopic (exact) mass is 441 g/mol. The summed E-state index contributed by atoms with van der Waals surface area (Å²) < 4.78 is 82.7. The molecule has 0 aliphatic carbocycles. The van der Waals surface area contributed by atoms with Gasteiger partial charge in [-0.25, -0.2) is 9.37 Å². The Balaban J connectivity index is 2.01. The normalized spacial score (nSPS) is 12.4. The van der Waals surface area contributed by atoms with Gasteiger partial charge in [0.25, 0.3) is 10.2 Å². The lowest BCUT2D eigenvalue weighted by atomic mass is 10.2. The van der Waals surface area contributed by atoms with Gasteiger partial charge >= 0.3 is 6.18 Å². The second-order valence-electron chi connectivity index (χ2n) is 5.69. The van der Waals surface area contributed by atoms with Crippen LogP contribution in [0.15, 0.2) is 36.5 Å². The molecule has 0 atom stereocenters. The number of hydrogen-bond donors (Lipinski definition) is 1. The van der Waals surface area contributed by atoms with Gasteiger partial charge in [0.15, 0.2) is 6.61 Å². The molecule has 0 saturated carbocycles. The van der Waals surface area contributed by atoms with Gasteiger partial charge in [0.1, 0.15) is 5.82 Å². The van der Waals surface area contributed by atoms with Gasteiger partial charge in [0.05, 0.1) is 0 Å². The maximum absolute atomic E-state index is 13.8. The molecule has 2 rings (SSSR count). The number of aromatic nitrogens is 1. The summed E-state index contributed by atoms with van der Waals surface area (Å²) in [4.78, 5) is 3.63. The molecule has 6 nitrogen and oxygen atoms in total. The smallest absolute Gasteiger partial charge is 0.422 e. The molecule has 0 radical (unpaired) electrons. The van der Waals surface area contributed by atoms with Crippen LogP contribution in [0.4, 0.5) is 17.6 Å². The zero-order chi connectivity index (χ0) is 20.9. The number of alkyl halides is 3. The van der Waals surface area contributed by atoms with Crippen LogP contribution in [-0.2, 0) is 23.3 Å². The third-order valence-electron chi connectivity index (χ3n) is 3.49. The van der Waals surface area contributed by atoms with Crippen LogP contribution in [0.2, 0.25) is 5.02 Å². The van der Waals surface area contributed by atoms with Gasteiger partial charge < -0.3 is 4.74 Å². The number of nitrogens with one attached hydrogen (secondary N) is 1. The molecule has 28 heavy (non-hydrogen) atoms. The minimum absolute atomic E-state index is 0.0174. The number of pyridine rings is 1. The van der Waals surface area contributed by atoms with Crippen LogP contribution in [-0.4, -0.2) is 37.5 Å². The van der Waals surface area contributed by atoms with Crippen molar-refractivity contribution in [2.45, 2.75) is 19.3 Å². The molecule has 154 valence electrons. The third kappa shape index (κ3) is 6.59. The number of ether oxygens (including phenoxy) is 1. The number of benzene rings is 1. The van der Waals surface area contributed by atoms with E-state index in [2.05, 4.69) is 14.4 Å². The molecule has 0 spiro atoms. The molecule has 1 aromatic heterocycles. The van der Waals surface area contributed by atoms with E-state index in [9.17, 15) is 26.0 Å². The van der Waals surface area contributed by atoms with E-state index >= 15 is 0 Å². The Morgan fingerprint density at radius 1 is 1.29 bits per heavy atom. The van der Waals surface area contributed by atoms with Crippen LogP contribution in [0.3, 0.4) is 0 Å². The molecule has 0 amide bonds. The molecule has 0 aliphatic rings. The van der Waals surface area contributed by atoms with Crippen LogP contribution >= 0.6 is 11.6 Å². The first-order valence-corrected chi connectivity index (χ1v) is 9.58. The van der Waals surface area contributed by atoms with Crippen LogP contribution < -0.4 is 9.46 Å². The molecule has 0 saturated heterocycles. The van der Waals surface area contributed by atoms with Crippen molar-refractivity contribution in [1.82, 2.24) is 14.0 Å². The summed E-state index contributed by atoms with van der Waals surface area (Å²) in [7, 11) is -2.79. The Morgan fingerprint density at radius 3 is 2.64 bits per heavy atom. The first-order valence-electron chi connectivity index (χ1n) is 7.76. The van der Waals surface area contributed by atoms with E-state index in [-0.39, 0.29) is 29.6 Å². The molecule has 2 aromatic rings. The van der Waals surface area contributed by atoms with Crippen molar-refractivity contribution in [3.8, 4) is 5.88 Å². The fourth-order valence-corrected chi connectivity index (χ4v) is 3.16. The van der Waals surface area contributed by atoms with Crippen molar-refractivity contribution >= 4 is 21.8 Å². The first kappa shape index (κ1) is 22.3. The Hall–Kier alpha value is -1.95. The first-order chi connectivity index (χ1) is 13.0. The van der Waals surface area contributed by atoms with E-state index in [0.717, 1.165) is 10.4 Å². The number of rotatable bonds is 8. The maximum Gasteiger partial charge on any atom is 0.422 e. The molecular formula is C16H16ClF4N3O3S. The Bertz CT molecular complexity index is 905. The van der Waals surface area contributed by atoms with Crippen molar-refractivity contribution in [1.29, 1.82) is 0 Å². The summed E-state index contributed by atoms with van der Waals surface area (Å²) in [5.74, 6) is -0.935. The topological polar surface area (TPSA) is 71.5 Å². The number of halogens is 5. The molecule has 1 aromatic carbocycles. The van der Waals surface area contributed by atoms with E-state index in [1.165, 1.54) is 37.5 Å². The van der Waals surface area contributed by atoms with Crippen LogP contribution in [0.25, 0.3) is 0 Å². The summed E-state index contributed by atoms with van der Waals surface area (Å²) in [5, 5.41) is 0.0858. The number of nitrogens with zero attached hydrogens (tertiary/aromatic N) is 2. The SMILES string of the molecule is CN(Cc1c(F)cccc1Cl)S(=O)(=O)NCc1ccnc(OCC(F)(F)F)c1. The zero-order valence-electron chi connectivity index (χ0n) is 14.5. The van der Waals surface area contributed by atoms with Crippen LogP contribution in [0, 0.1) is 5.82 Å². The lowest BCUT2D eigenvalue weighted by Crippen LogP contribution is -2.37. The molecule has 1 heterocycles. The molecule has 0 aliphatic heterocycles. The minimum atomic E-state index is -4.52. The lowest BCUT2D eigenvalue weighted by Gasteiger charge is -2.19. The molecular weight excluding hydrogens is 426 g/mol. The third-order valence-corrected chi connectivity index (χ3v) is 5.31. The minimum Gasteiger partial charge on any atom is -0.468 e. The van der Waals surface area contributed by atoms with Crippen LogP contribution in [0.5, 0.6) is 5.88 Å². The van der Waals surface area contributed by atoms with E-state index in [1.807, 2.05) is 0 Å². The zero-order valence-corrected chi connectivity index (χ0v) is 16.1. The van der Waals surface area contributed by atoms with E-state index in [1.54, 1.807) is 0 Å². The Kier molecular flexibility index (Phi) is 7.21. The highest BCUT2D eigenvalue weighted by Crippen LogP contribution is 2.21. The second kappa shape index (κ2) is 9.03. The predicted octanol–water partition coefficient (Wildman–Crippen LogP) is 3.28. The van der Waals surface area contributed by atoms with Crippen molar-refractivity contribution in [3.63, 3.8) is 0 Å². The average Bonchev–Trinajstić information content (AvgIpc) is 2.61. The summed E-state index contributed by atoms with van der Waals surface area (Å²) in [6.45, 7) is -2.05. The van der Waals surface area contributed by atoms with Crippen LogP contribution in [0.1, 0.15) is 11.1 Å². The molecule has 1 N–H and O–H groups in total. The van der Waals surface area contributed by atoms with Gasteiger partial charge in [-0.1, -0.05) is 17.7 Å². The largest absolute Gasteiger partial charge is 0.468 e. The van der Waals surface area contributed by atoms with E-state index in [0.29, 0.717) is 5.56 Å². The lowest BCUT2D eigenvalue weighted by molar-refractivity contribution is -0.154.